The molecule has 4 saturated carbocycles. The van der Waals surface area contributed by atoms with Crippen LogP contribution in [0.4, 0.5) is 13.2 Å². The summed E-state index contributed by atoms with van der Waals surface area (Å²) in [4.78, 5) is 25.0. The van der Waals surface area contributed by atoms with Crippen molar-refractivity contribution in [2.24, 2.45) is 29.6 Å². The van der Waals surface area contributed by atoms with E-state index >= 15 is 0 Å². The molecule has 1 heterocycles. The van der Waals surface area contributed by atoms with Crippen LogP contribution >= 0.6 is 0 Å². The van der Waals surface area contributed by atoms with Crippen LogP contribution in [0.2, 0.25) is 0 Å². The van der Waals surface area contributed by atoms with Crippen LogP contribution in [0.25, 0.3) is 0 Å². The number of carbonyl (C=O) groups is 2. The molecule has 24 heavy (non-hydrogen) atoms. The molecule has 1 N–H and O–H groups in total. The summed E-state index contributed by atoms with van der Waals surface area (Å²) < 4.78 is 37.5. The molecule has 1 unspecified atom stereocenters. The molecule has 4 bridgehead atoms. The Labute approximate surface area is 139 Å². The molecule has 1 aliphatic heterocycles. The first-order valence-corrected chi connectivity index (χ1v) is 8.93. The van der Waals surface area contributed by atoms with Gasteiger partial charge in [-0.3, -0.25) is 9.59 Å². The molecule has 5 fully saturated rings. The molecule has 0 radical (unpaired) electrons. The van der Waals surface area contributed by atoms with Crippen molar-refractivity contribution in [1.29, 1.82) is 0 Å². The van der Waals surface area contributed by atoms with Crippen LogP contribution < -0.4 is 5.32 Å². The molecular formula is C17H23F3N2O2. The summed E-state index contributed by atoms with van der Waals surface area (Å²) >= 11 is 0. The standard InChI is InChI=1S/C17H23F3N2O2/c18-17(19,20)8-22-7-13(6-14(22)23)16(24)21-15-11-2-9-1-10(4-11)5-12(15)3-9/h9-13,15H,1-8H2,(H,21,24). The van der Waals surface area contributed by atoms with Gasteiger partial charge in [-0.1, -0.05) is 0 Å². The average molecular weight is 344 g/mol. The van der Waals surface area contributed by atoms with Gasteiger partial charge < -0.3 is 10.2 Å². The fourth-order valence-corrected chi connectivity index (χ4v) is 5.76. The molecule has 5 rings (SSSR count). The average Bonchev–Trinajstić information content (AvgIpc) is 2.81. The number of nitrogens with zero attached hydrogens (tertiary/aromatic N) is 1. The molecule has 4 aliphatic carbocycles. The number of alkyl halides is 3. The second-order valence-corrected chi connectivity index (χ2v) is 8.26. The van der Waals surface area contributed by atoms with Crippen molar-refractivity contribution in [2.45, 2.75) is 50.7 Å². The maximum atomic E-state index is 12.5. The zero-order valence-electron chi connectivity index (χ0n) is 13.5. The Balaban J connectivity index is 1.36. The third kappa shape index (κ3) is 3.02. The van der Waals surface area contributed by atoms with Crippen LogP contribution in [-0.2, 0) is 9.59 Å². The number of rotatable bonds is 3. The van der Waals surface area contributed by atoms with Crippen LogP contribution in [0.5, 0.6) is 0 Å². The third-order valence-corrected chi connectivity index (χ3v) is 6.49. The van der Waals surface area contributed by atoms with Crippen molar-refractivity contribution in [1.82, 2.24) is 10.2 Å². The van der Waals surface area contributed by atoms with Crippen molar-refractivity contribution in [3.8, 4) is 0 Å². The summed E-state index contributed by atoms with van der Waals surface area (Å²) in [5.74, 6) is 1.20. The lowest BCUT2D eigenvalue weighted by Crippen LogP contribution is -2.56. The minimum absolute atomic E-state index is 0.102. The molecular weight excluding hydrogens is 321 g/mol. The normalized spacial score (nSPS) is 41.1. The van der Waals surface area contributed by atoms with E-state index < -0.39 is 24.5 Å². The first kappa shape index (κ1) is 16.2. The molecule has 5 aliphatic rings. The SMILES string of the molecule is O=C(NC1C2CC3CC(C2)CC1C3)C1CC(=O)N(CC(F)(F)F)C1. The number of likely N-dealkylation sites (tertiary alicyclic amines) is 1. The minimum Gasteiger partial charge on any atom is -0.353 e. The van der Waals surface area contributed by atoms with Crippen molar-refractivity contribution >= 4 is 11.8 Å². The van der Waals surface area contributed by atoms with Crippen molar-refractivity contribution in [2.75, 3.05) is 13.1 Å². The molecule has 0 aromatic heterocycles. The molecule has 7 heteroatoms. The molecule has 0 spiro atoms. The van der Waals surface area contributed by atoms with Gasteiger partial charge in [0.1, 0.15) is 6.54 Å². The number of halogens is 3. The van der Waals surface area contributed by atoms with E-state index in [1.807, 2.05) is 0 Å². The Bertz CT molecular complexity index is 520. The predicted octanol–water partition coefficient (Wildman–Crippen LogP) is 2.34. The Hall–Kier alpha value is -1.27. The van der Waals surface area contributed by atoms with E-state index in [9.17, 15) is 22.8 Å². The van der Waals surface area contributed by atoms with E-state index in [1.54, 1.807) is 0 Å². The van der Waals surface area contributed by atoms with Gasteiger partial charge in [0, 0.05) is 19.0 Å². The lowest BCUT2D eigenvalue weighted by Gasteiger charge is -2.54. The zero-order valence-corrected chi connectivity index (χ0v) is 13.5. The fourth-order valence-electron chi connectivity index (χ4n) is 5.76. The smallest absolute Gasteiger partial charge is 0.353 e. The van der Waals surface area contributed by atoms with E-state index in [4.69, 9.17) is 0 Å². The van der Waals surface area contributed by atoms with Crippen LogP contribution in [-0.4, -0.2) is 42.0 Å². The van der Waals surface area contributed by atoms with Crippen LogP contribution in [0.3, 0.4) is 0 Å². The van der Waals surface area contributed by atoms with E-state index in [0.717, 1.165) is 16.7 Å². The van der Waals surface area contributed by atoms with Gasteiger partial charge in [0.2, 0.25) is 11.8 Å². The fraction of sp³-hybridized carbons (Fsp3) is 0.882. The first-order valence-electron chi connectivity index (χ1n) is 8.93. The summed E-state index contributed by atoms with van der Waals surface area (Å²) in [7, 11) is 0. The van der Waals surface area contributed by atoms with Gasteiger partial charge in [-0.25, -0.2) is 0 Å². The number of amides is 2. The number of hydrogen-bond donors (Lipinski definition) is 1. The van der Waals surface area contributed by atoms with Crippen LogP contribution in [0, 0.1) is 29.6 Å². The van der Waals surface area contributed by atoms with Gasteiger partial charge in [0.25, 0.3) is 0 Å². The predicted molar refractivity (Wildman–Crippen MR) is 79.7 cm³/mol. The molecule has 2 amide bonds. The van der Waals surface area contributed by atoms with Crippen molar-refractivity contribution in [3.05, 3.63) is 0 Å². The third-order valence-electron chi connectivity index (χ3n) is 6.49. The summed E-state index contributed by atoms with van der Waals surface area (Å²) in [6, 6.07) is 0.164. The molecule has 0 aromatic carbocycles. The highest BCUT2D eigenvalue weighted by atomic mass is 19.4. The Morgan fingerprint density at radius 1 is 1.08 bits per heavy atom. The highest BCUT2D eigenvalue weighted by Crippen LogP contribution is 2.53. The second-order valence-electron chi connectivity index (χ2n) is 8.26. The van der Waals surface area contributed by atoms with E-state index in [2.05, 4.69) is 5.32 Å². The van der Waals surface area contributed by atoms with E-state index in [1.165, 1.54) is 32.1 Å². The van der Waals surface area contributed by atoms with Gasteiger partial charge in [-0.15, -0.1) is 0 Å². The zero-order chi connectivity index (χ0) is 17.1. The summed E-state index contributed by atoms with van der Waals surface area (Å²) in [5, 5.41) is 3.11. The maximum Gasteiger partial charge on any atom is 0.406 e. The van der Waals surface area contributed by atoms with Gasteiger partial charge in [-0.05, 0) is 55.8 Å². The topological polar surface area (TPSA) is 49.4 Å². The van der Waals surface area contributed by atoms with Gasteiger partial charge in [-0.2, -0.15) is 13.2 Å². The van der Waals surface area contributed by atoms with E-state index in [0.29, 0.717) is 11.8 Å². The van der Waals surface area contributed by atoms with Crippen molar-refractivity contribution in [3.63, 3.8) is 0 Å². The summed E-state index contributed by atoms with van der Waals surface area (Å²) in [5.41, 5.74) is 0. The number of nitrogens with one attached hydrogen (secondary N) is 1. The minimum atomic E-state index is -4.41. The molecule has 0 aromatic rings. The second kappa shape index (κ2) is 5.63. The van der Waals surface area contributed by atoms with Gasteiger partial charge in [0.05, 0.1) is 5.92 Å². The molecule has 1 saturated heterocycles. The Morgan fingerprint density at radius 2 is 1.67 bits per heavy atom. The summed E-state index contributed by atoms with van der Waals surface area (Å²) in [6.07, 6.45) is 1.49. The van der Waals surface area contributed by atoms with Gasteiger partial charge in [0.15, 0.2) is 0 Å². The maximum absolute atomic E-state index is 12.5. The number of hydrogen-bond acceptors (Lipinski definition) is 2. The Kier molecular flexibility index (Phi) is 3.80. The first-order chi connectivity index (χ1) is 11.3. The largest absolute Gasteiger partial charge is 0.406 e. The van der Waals surface area contributed by atoms with Crippen molar-refractivity contribution < 1.29 is 22.8 Å². The monoisotopic (exact) mass is 344 g/mol. The molecule has 4 nitrogen and oxygen atoms in total. The highest BCUT2D eigenvalue weighted by Gasteiger charge is 2.49. The lowest BCUT2D eigenvalue weighted by atomic mass is 9.54. The van der Waals surface area contributed by atoms with Crippen LogP contribution in [0.15, 0.2) is 0 Å². The lowest BCUT2D eigenvalue weighted by molar-refractivity contribution is -0.157. The van der Waals surface area contributed by atoms with Crippen LogP contribution in [0.1, 0.15) is 38.5 Å². The van der Waals surface area contributed by atoms with E-state index in [-0.39, 0.29) is 24.9 Å². The highest BCUT2D eigenvalue weighted by molar-refractivity contribution is 5.89. The Morgan fingerprint density at radius 3 is 2.21 bits per heavy atom. The number of carbonyl (C=O) groups excluding carboxylic acids is 2. The molecule has 1 atom stereocenters. The quantitative estimate of drug-likeness (QED) is 0.854. The summed E-state index contributed by atoms with van der Waals surface area (Å²) in [6.45, 7) is -1.37. The molecule has 134 valence electrons. The van der Waals surface area contributed by atoms with Gasteiger partial charge >= 0.3 is 6.18 Å².